The molecule has 0 aromatic heterocycles. The Kier molecular flexibility index (Phi) is 5.91. The molecule has 0 saturated carbocycles. The van der Waals surface area contributed by atoms with E-state index < -0.39 is 0 Å². The highest BCUT2D eigenvalue weighted by Gasteiger charge is 2.25. The minimum atomic E-state index is -0.133. The maximum absolute atomic E-state index is 12.2. The van der Waals surface area contributed by atoms with Gasteiger partial charge >= 0.3 is 6.03 Å². The van der Waals surface area contributed by atoms with Crippen LogP contribution in [0.1, 0.15) is 29.9 Å². The van der Waals surface area contributed by atoms with Crippen molar-refractivity contribution in [3.8, 4) is 0 Å². The van der Waals surface area contributed by atoms with E-state index in [4.69, 9.17) is 0 Å². The summed E-state index contributed by atoms with van der Waals surface area (Å²) in [5, 5.41) is 5.75. The van der Waals surface area contributed by atoms with Gasteiger partial charge in [0.15, 0.2) is 0 Å². The molecule has 2 fully saturated rings. The Morgan fingerprint density at radius 1 is 1.32 bits per heavy atom. The maximum atomic E-state index is 12.2. The first-order valence-electron chi connectivity index (χ1n) is 9.21. The predicted molar refractivity (Wildman–Crippen MR) is 97.6 cm³/mol. The predicted octanol–water partition coefficient (Wildman–Crippen LogP) is 1.32. The van der Waals surface area contributed by atoms with Gasteiger partial charge in [0, 0.05) is 32.7 Å². The summed E-state index contributed by atoms with van der Waals surface area (Å²) < 4.78 is 0. The van der Waals surface area contributed by atoms with Gasteiger partial charge in [-0.2, -0.15) is 0 Å². The molecule has 1 aromatic carbocycles. The number of urea groups is 1. The largest absolute Gasteiger partial charge is 0.354 e. The molecular formula is C19H28N4O2. The van der Waals surface area contributed by atoms with Crippen LogP contribution in [-0.4, -0.2) is 67.6 Å². The first kappa shape index (κ1) is 17.7. The molecule has 1 atom stereocenters. The number of hydrogen-bond acceptors (Lipinski definition) is 3. The van der Waals surface area contributed by atoms with Gasteiger partial charge in [-0.3, -0.25) is 4.79 Å². The molecule has 3 amide bonds. The second kappa shape index (κ2) is 8.34. The zero-order valence-electron chi connectivity index (χ0n) is 15.0. The number of hydrogen-bond donors (Lipinski definition) is 2. The van der Waals surface area contributed by atoms with Crippen LogP contribution >= 0.6 is 0 Å². The minimum absolute atomic E-state index is 0.0757. The van der Waals surface area contributed by atoms with Crippen molar-refractivity contribution in [2.75, 3.05) is 45.8 Å². The van der Waals surface area contributed by atoms with Crippen molar-refractivity contribution in [2.45, 2.75) is 25.7 Å². The number of nitrogens with zero attached hydrogens (tertiary/aromatic N) is 2. The smallest absolute Gasteiger partial charge is 0.317 e. The second-order valence-corrected chi connectivity index (χ2v) is 7.00. The van der Waals surface area contributed by atoms with Gasteiger partial charge in [-0.25, -0.2) is 4.79 Å². The SMILES string of the molecule is Cc1ccccc1C1CCN(CCNC(=O)N2CCCNC(=O)C2)C1. The lowest BCUT2D eigenvalue weighted by Gasteiger charge is -2.21. The Morgan fingerprint density at radius 3 is 3.00 bits per heavy atom. The minimum Gasteiger partial charge on any atom is -0.354 e. The topological polar surface area (TPSA) is 64.7 Å². The van der Waals surface area contributed by atoms with E-state index in [2.05, 4.69) is 46.7 Å². The van der Waals surface area contributed by atoms with Gasteiger partial charge in [-0.1, -0.05) is 24.3 Å². The third-order valence-corrected chi connectivity index (χ3v) is 5.15. The molecule has 1 unspecified atom stereocenters. The average Bonchev–Trinajstić information content (AvgIpc) is 2.95. The normalized spacial score (nSPS) is 21.7. The molecule has 6 heteroatoms. The Balaban J connectivity index is 1.41. The van der Waals surface area contributed by atoms with E-state index in [1.807, 2.05) is 0 Å². The van der Waals surface area contributed by atoms with Crippen LogP contribution in [0.15, 0.2) is 24.3 Å². The van der Waals surface area contributed by atoms with Crippen molar-refractivity contribution in [1.29, 1.82) is 0 Å². The maximum Gasteiger partial charge on any atom is 0.317 e. The quantitative estimate of drug-likeness (QED) is 0.866. The lowest BCUT2D eigenvalue weighted by Crippen LogP contribution is -2.45. The number of carbonyl (C=O) groups excluding carboxylic acids is 2. The van der Waals surface area contributed by atoms with E-state index in [0.717, 1.165) is 26.1 Å². The van der Waals surface area contributed by atoms with Crippen LogP contribution in [0.2, 0.25) is 0 Å². The number of amides is 3. The van der Waals surface area contributed by atoms with Gasteiger partial charge in [0.1, 0.15) is 6.54 Å². The molecule has 136 valence electrons. The van der Waals surface area contributed by atoms with Crippen LogP contribution in [0.4, 0.5) is 4.79 Å². The Hall–Kier alpha value is -2.08. The third-order valence-electron chi connectivity index (χ3n) is 5.15. The highest BCUT2D eigenvalue weighted by atomic mass is 16.2. The lowest BCUT2D eigenvalue weighted by molar-refractivity contribution is -0.121. The molecule has 2 heterocycles. The molecule has 3 rings (SSSR count). The average molecular weight is 344 g/mol. The van der Waals surface area contributed by atoms with Gasteiger partial charge in [0.2, 0.25) is 5.91 Å². The van der Waals surface area contributed by atoms with E-state index in [1.54, 1.807) is 4.90 Å². The zero-order chi connectivity index (χ0) is 17.6. The standard InChI is InChI=1S/C19H28N4O2/c1-15-5-2-3-6-17(15)16-7-11-22(13-16)12-9-21-19(25)23-10-4-8-20-18(24)14-23/h2-3,5-6,16H,4,7-14H2,1H3,(H,20,24)(H,21,25). The number of rotatable bonds is 4. The van der Waals surface area contributed by atoms with Crippen molar-refractivity contribution < 1.29 is 9.59 Å². The van der Waals surface area contributed by atoms with Crippen molar-refractivity contribution in [3.63, 3.8) is 0 Å². The Morgan fingerprint density at radius 2 is 2.16 bits per heavy atom. The highest BCUT2D eigenvalue weighted by Crippen LogP contribution is 2.28. The van der Waals surface area contributed by atoms with E-state index in [1.165, 1.54) is 17.5 Å². The molecule has 0 radical (unpaired) electrons. The molecule has 2 aliphatic heterocycles. The van der Waals surface area contributed by atoms with Gasteiger partial charge in [0.05, 0.1) is 0 Å². The number of nitrogens with one attached hydrogen (secondary N) is 2. The van der Waals surface area contributed by atoms with Crippen LogP contribution in [0.5, 0.6) is 0 Å². The van der Waals surface area contributed by atoms with Gasteiger partial charge in [-0.05, 0) is 43.4 Å². The zero-order valence-corrected chi connectivity index (χ0v) is 15.0. The molecule has 25 heavy (non-hydrogen) atoms. The molecule has 2 saturated heterocycles. The Labute approximate surface area is 149 Å². The summed E-state index contributed by atoms with van der Waals surface area (Å²) >= 11 is 0. The monoisotopic (exact) mass is 344 g/mol. The molecular weight excluding hydrogens is 316 g/mol. The fourth-order valence-corrected chi connectivity index (χ4v) is 3.75. The summed E-state index contributed by atoms with van der Waals surface area (Å²) in [4.78, 5) is 27.8. The molecule has 2 N–H and O–H groups in total. The van der Waals surface area contributed by atoms with Crippen LogP contribution in [0, 0.1) is 6.92 Å². The van der Waals surface area contributed by atoms with Gasteiger partial charge in [0.25, 0.3) is 0 Å². The van der Waals surface area contributed by atoms with Crippen molar-refractivity contribution in [1.82, 2.24) is 20.4 Å². The summed E-state index contributed by atoms with van der Waals surface area (Å²) in [7, 11) is 0. The van der Waals surface area contributed by atoms with Crippen LogP contribution in [-0.2, 0) is 4.79 Å². The van der Waals surface area contributed by atoms with Crippen molar-refractivity contribution in [3.05, 3.63) is 35.4 Å². The molecule has 6 nitrogen and oxygen atoms in total. The summed E-state index contributed by atoms with van der Waals surface area (Å²) in [6, 6.07) is 8.48. The van der Waals surface area contributed by atoms with E-state index in [9.17, 15) is 9.59 Å². The Bertz CT molecular complexity index is 619. The molecule has 1 aromatic rings. The molecule has 0 spiro atoms. The number of benzene rings is 1. The van der Waals surface area contributed by atoms with Gasteiger partial charge < -0.3 is 20.4 Å². The van der Waals surface area contributed by atoms with E-state index in [-0.39, 0.29) is 18.5 Å². The van der Waals surface area contributed by atoms with Crippen LogP contribution in [0.3, 0.4) is 0 Å². The second-order valence-electron chi connectivity index (χ2n) is 7.00. The van der Waals surface area contributed by atoms with Crippen LogP contribution in [0.25, 0.3) is 0 Å². The fraction of sp³-hybridized carbons (Fsp3) is 0.579. The summed E-state index contributed by atoms with van der Waals surface area (Å²) in [6.07, 6.45) is 1.98. The first-order chi connectivity index (χ1) is 12.1. The molecule has 0 aliphatic carbocycles. The third kappa shape index (κ3) is 4.72. The number of aryl methyl sites for hydroxylation is 1. The number of carbonyl (C=O) groups is 2. The summed E-state index contributed by atoms with van der Waals surface area (Å²) in [6.45, 7) is 7.21. The van der Waals surface area contributed by atoms with Crippen molar-refractivity contribution >= 4 is 11.9 Å². The van der Waals surface area contributed by atoms with Crippen molar-refractivity contribution in [2.24, 2.45) is 0 Å². The molecule has 2 aliphatic rings. The van der Waals surface area contributed by atoms with E-state index >= 15 is 0 Å². The fourth-order valence-electron chi connectivity index (χ4n) is 3.75. The highest BCUT2D eigenvalue weighted by molar-refractivity contribution is 5.84. The molecule has 0 bridgehead atoms. The van der Waals surface area contributed by atoms with Gasteiger partial charge in [-0.15, -0.1) is 0 Å². The first-order valence-corrected chi connectivity index (χ1v) is 9.21. The van der Waals surface area contributed by atoms with Crippen LogP contribution < -0.4 is 10.6 Å². The summed E-state index contributed by atoms with van der Waals surface area (Å²) in [5.74, 6) is 0.513. The number of likely N-dealkylation sites (tertiary alicyclic amines) is 1. The van der Waals surface area contributed by atoms with E-state index in [0.29, 0.717) is 25.6 Å². The lowest BCUT2D eigenvalue weighted by atomic mass is 9.94. The summed E-state index contributed by atoms with van der Waals surface area (Å²) in [5.41, 5.74) is 2.81.